The van der Waals surface area contributed by atoms with Crippen LogP contribution in [0, 0.1) is 0 Å². The molecular formula is C22H24O4. The van der Waals surface area contributed by atoms with Gasteiger partial charge >= 0.3 is 5.97 Å². The van der Waals surface area contributed by atoms with Gasteiger partial charge in [0.25, 0.3) is 0 Å². The average molecular weight is 352 g/mol. The van der Waals surface area contributed by atoms with Crippen molar-refractivity contribution in [2.75, 3.05) is 13.2 Å². The van der Waals surface area contributed by atoms with E-state index in [1.807, 2.05) is 48.6 Å². The third kappa shape index (κ3) is 6.85. The van der Waals surface area contributed by atoms with Crippen molar-refractivity contribution in [2.45, 2.75) is 19.8 Å². The Balaban J connectivity index is 1.69. The van der Waals surface area contributed by atoms with Gasteiger partial charge in [0.2, 0.25) is 0 Å². The number of esters is 1. The highest BCUT2D eigenvalue weighted by Crippen LogP contribution is 2.16. The van der Waals surface area contributed by atoms with Crippen LogP contribution < -0.4 is 4.74 Å². The van der Waals surface area contributed by atoms with Crippen molar-refractivity contribution in [1.82, 2.24) is 0 Å². The highest BCUT2D eigenvalue weighted by molar-refractivity contribution is 5.86. The standard InChI is InChI=1S/C22H24O4/c1-17(2)22(24)26-16-4-3-15-25-21-13-9-19(10-14-21)6-5-18-7-11-20(23)12-8-18/h5-14,23H,1,3-4,15-16H2,2H3/b6-5+. The summed E-state index contributed by atoms with van der Waals surface area (Å²) in [6.07, 6.45) is 5.56. The Morgan fingerprint density at radius 1 is 0.962 bits per heavy atom. The second kappa shape index (κ2) is 10.1. The third-order valence-corrected chi connectivity index (χ3v) is 3.63. The van der Waals surface area contributed by atoms with Crippen LogP contribution in [0.2, 0.25) is 0 Å². The van der Waals surface area contributed by atoms with Gasteiger partial charge in [-0.15, -0.1) is 0 Å². The van der Waals surface area contributed by atoms with E-state index in [1.165, 1.54) is 0 Å². The predicted octanol–water partition coefficient (Wildman–Crippen LogP) is 4.84. The van der Waals surface area contributed by atoms with E-state index in [9.17, 15) is 9.90 Å². The van der Waals surface area contributed by atoms with Gasteiger partial charge in [0.05, 0.1) is 13.2 Å². The van der Waals surface area contributed by atoms with Gasteiger partial charge in [0.15, 0.2) is 0 Å². The molecule has 2 aromatic carbocycles. The number of hydrogen-bond acceptors (Lipinski definition) is 4. The summed E-state index contributed by atoms with van der Waals surface area (Å²) in [5.74, 6) is 0.727. The summed E-state index contributed by atoms with van der Waals surface area (Å²) >= 11 is 0. The molecule has 0 radical (unpaired) electrons. The fourth-order valence-electron chi connectivity index (χ4n) is 2.14. The van der Waals surface area contributed by atoms with Crippen molar-refractivity contribution in [3.05, 3.63) is 71.8 Å². The number of phenols is 1. The van der Waals surface area contributed by atoms with E-state index in [4.69, 9.17) is 9.47 Å². The minimum atomic E-state index is -0.345. The lowest BCUT2D eigenvalue weighted by Gasteiger charge is -2.07. The lowest BCUT2D eigenvalue weighted by molar-refractivity contribution is -0.139. The van der Waals surface area contributed by atoms with Crippen LogP contribution >= 0.6 is 0 Å². The second-order valence-electron chi connectivity index (χ2n) is 5.97. The second-order valence-corrected chi connectivity index (χ2v) is 5.97. The zero-order valence-corrected chi connectivity index (χ0v) is 15.0. The number of carbonyl (C=O) groups excluding carboxylic acids is 1. The van der Waals surface area contributed by atoms with E-state index in [0.29, 0.717) is 18.8 Å². The molecule has 0 bridgehead atoms. The monoisotopic (exact) mass is 352 g/mol. The summed E-state index contributed by atoms with van der Waals surface area (Å²) in [5.41, 5.74) is 2.51. The number of benzene rings is 2. The molecule has 0 unspecified atom stereocenters. The van der Waals surface area contributed by atoms with Crippen LogP contribution in [-0.4, -0.2) is 24.3 Å². The number of rotatable bonds is 9. The van der Waals surface area contributed by atoms with E-state index in [2.05, 4.69) is 6.58 Å². The Hall–Kier alpha value is -3.01. The van der Waals surface area contributed by atoms with Gasteiger partial charge in [0.1, 0.15) is 11.5 Å². The zero-order valence-electron chi connectivity index (χ0n) is 15.0. The summed E-state index contributed by atoms with van der Waals surface area (Å²) in [7, 11) is 0. The Labute approximate surface area is 154 Å². The first-order valence-electron chi connectivity index (χ1n) is 8.57. The number of hydrogen-bond donors (Lipinski definition) is 1. The molecule has 0 saturated carbocycles. The molecule has 4 heteroatoms. The van der Waals surface area contributed by atoms with Gasteiger partial charge in [-0.05, 0) is 55.2 Å². The minimum Gasteiger partial charge on any atom is -0.508 e. The fraction of sp³-hybridized carbons (Fsp3) is 0.227. The van der Waals surface area contributed by atoms with Gasteiger partial charge in [-0.2, -0.15) is 0 Å². The van der Waals surface area contributed by atoms with Gasteiger partial charge in [0, 0.05) is 5.57 Å². The van der Waals surface area contributed by atoms with Crippen molar-refractivity contribution in [2.24, 2.45) is 0 Å². The van der Waals surface area contributed by atoms with Gasteiger partial charge < -0.3 is 14.6 Å². The molecule has 0 heterocycles. The van der Waals surface area contributed by atoms with E-state index in [0.717, 1.165) is 29.7 Å². The average Bonchev–Trinajstić information content (AvgIpc) is 2.64. The smallest absolute Gasteiger partial charge is 0.333 e. The minimum absolute atomic E-state index is 0.262. The van der Waals surface area contributed by atoms with Crippen molar-refractivity contribution in [1.29, 1.82) is 0 Å². The summed E-state index contributed by atoms with van der Waals surface area (Å²) in [6, 6.07) is 14.9. The Bertz CT molecular complexity index is 743. The molecule has 0 atom stereocenters. The maximum Gasteiger partial charge on any atom is 0.333 e. The first-order valence-corrected chi connectivity index (χ1v) is 8.57. The SMILES string of the molecule is C=C(C)C(=O)OCCCCOc1ccc(/C=C/c2ccc(O)cc2)cc1. The molecule has 0 fully saturated rings. The van der Waals surface area contributed by atoms with E-state index < -0.39 is 0 Å². The van der Waals surface area contributed by atoms with E-state index >= 15 is 0 Å². The molecule has 0 amide bonds. The topological polar surface area (TPSA) is 55.8 Å². The zero-order chi connectivity index (χ0) is 18.8. The summed E-state index contributed by atoms with van der Waals surface area (Å²) < 4.78 is 10.7. The molecule has 2 aromatic rings. The Morgan fingerprint density at radius 2 is 1.50 bits per heavy atom. The van der Waals surface area contributed by atoms with Crippen LogP contribution in [0.25, 0.3) is 12.2 Å². The van der Waals surface area contributed by atoms with Gasteiger partial charge in [-0.1, -0.05) is 43.0 Å². The molecule has 0 aliphatic rings. The molecule has 0 aromatic heterocycles. The van der Waals surface area contributed by atoms with Crippen molar-refractivity contribution >= 4 is 18.1 Å². The van der Waals surface area contributed by atoms with Crippen LogP contribution in [0.1, 0.15) is 30.9 Å². The first kappa shape index (κ1) is 19.3. The highest BCUT2D eigenvalue weighted by Gasteiger charge is 2.02. The van der Waals surface area contributed by atoms with E-state index in [-0.39, 0.29) is 11.7 Å². The van der Waals surface area contributed by atoms with Crippen LogP contribution in [-0.2, 0) is 9.53 Å². The van der Waals surface area contributed by atoms with E-state index in [1.54, 1.807) is 19.1 Å². The number of carbonyl (C=O) groups is 1. The Kier molecular flexibility index (Phi) is 7.49. The molecule has 4 nitrogen and oxygen atoms in total. The maximum atomic E-state index is 11.2. The molecule has 1 N–H and O–H groups in total. The molecule has 0 spiro atoms. The molecule has 2 rings (SSSR count). The molecule has 0 aliphatic carbocycles. The number of phenolic OH excluding ortho intramolecular Hbond substituents is 1. The molecule has 26 heavy (non-hydrogen) atoms. The molecular weight excluding hydrogens is 328 g/mol. The lowest BCUT2D eigenvalue weighted by atomic mass is 10.1. The number of ether oxygens (including phenoxy) is 2. The van der Waals surface area contributed by atoms with Crippen LogP contribution in [0.4, 0.5) is 0 Å². The van der Waals surface area contributed by atoms with Gasteiger partial charge in [-0.3, -0.25) is 0 Å². The Morgan fingerprint density at radius 3 is 2.08 bits per heavy atom. The first-order chi connectivity index (χ1) is 12.5. The van der Waals surface area contributed by atoms with Crippen LogP contribution in [0.3, 0.4) is 0 Å². The highest BCUT2D eigenvalue weighted by atomic mass is 16.5. The van der Waals surface area contributed by atoms with Crippen LogP contribution in [0.15, 0.2) is 60.7 Å². The molecule has 136 valence electrons. The normalized spacial score (nSPS) is 10.7. The third-order valence-electron chi connectivity index (χ3n) is 3.63. The predicted molar refractivity (Wildman–Crippen MR) is 104 cm³/mol. The van der Waals surface area contributed by atoms with Crippen LogP contribution in [0.5, 0.6) is 11.5 Å². The summed E-state index contributed by atoms with van der Waals surface area (Å²) in [6.45, 7) is 6.13. The maximum absolute atomic E-state index is 11.2. The van der Waals surface area contributed by atoms with Crippen molar-refractivity contribution in [3.8, 4) is 11.5 Å². The van der Waals surface area contributed by atoms with Gasteiger partial charge in [-0.25, -0.2) is 4.79 Å². The largest absolute Gasteiger partial charge is 0.508 e. The van der Waals surface area contributed by atoms with Crippen molar-refractivity contribution < 1.29 is 19.4 Å². The summed E-state index contributed by atoms with van der Waals surface area (Å²) in [4.78, 5) is 11.2. The fourth-order valence-corrected chi connectivity index (χ4v) is 2.14. The number of unbranched alkanes of at least 4 members (excludes halogenated alkanes) is 1. The quantitative estimate of drug-likeness (QED) is 0.304. The van der Waals surface area contributed by atoms with Crippen molar-refractivity contribution in [3.63, 3.8) is 0 Å². The lowest BCUT2D eigenvalue weighted by Crippen LogP contribution is -2.07. The summed E-state index contributed by atoms with van der Waals surface area (Å²) in [5, 5.41) is 9.27. The number of aromatic hydroxyl groups is 1. The molecule has 0 aliphatic heterocycles. The molecule has 0 saturated heterocycles.